The van der Waals surface area contributed by atoms with Crippen LogP contribution in [0.4, 0.5) is 5.69 Å². The van der Waals surface area contributed by atoms with E-state index in [4.69, 9.17) is 23.8 Å². The minimum atomic E-state index is 0.504. The second-order valence-electron chi connectivity index (χ2n) is 8.14. The zero-order valence-electron chi connectivity index (χ0n) is 13.7. The Morgan fingerprint density at radius 2 is 1.78 bits per heavy atom. The molecular formula is C19H25ClN2S. The Labute approximate surface area is 149 Å². The lowest BCUT2D eigenvalue weighted by Crippen LogP contribution is -2.51. The van der Waals surface area contributed by atoms with Gasteiger partial charge in [0.15, 0.2) is 5.11 Å². The van der Waals surface area contributed by atoms with Gasteiger partial charge in [0.1, 0.15) is 0 Å². The lowest BCUT2D eigenvalue weighted by molar-refractivity contribution is -0.0490. The van der Waals surface area contributed by atoms with Gasteiger partial charge in [-0.25, -0.2) is 0 Å². The van der Waals surface area contributed by atoms with E-state index in [2.05, 4.69) is 10.6 Å². The summed E-state index contributed by atoms with van der Waals surface area (Å²) in [5, 5.41) is 8.34. The van der Waals surface area contributed by atoms with Crippen molar-refractivity contribution in [2.24, 2.45) is 23.2 Å². The molecule has 5 rings (SSSR count). The molecule has 0 amide bonds. The van der Waals surface area contributed by atoms with Gasteiger partial charge in [-0.05, 0) is 98.5 Å². The summed E-state index contributed by atoms with van der Waals surface area (Å²) in [6, 6.07) is 5.90. The zero-order valence-corrected chi connectivity index (χ0v) is 15.3. The molecule has 4 saturated carbocycles. The Morgan fingerprint density at radius 1 is 1.17 bits per heavy atom. The van der Waals surface area contributed by atoms with Crippen molar-refractivity contribution in [3.05, 3.63) is 28.8 Å². The smallest absolute Gasteiger partial charge is 0.170 e. The van der Waals surface area contributed by atoms with E-state index < -0.39 is 0 Å². The number of hydrogen-bond donors (Lipinski definition) is 2. The third-order valence-corrected chi connectivity index (χ3v) is 6.96. The van der Waals surface area contributed by atoms with Gasteiger partial charge >= 0.3 is 0 Å². The zero-order chi connectivity index (χ0) is 16.0. The number of thiocarbonyl (C=S) groups is 1. The number of halogens is 1. The minimum Gasteiger partial charge on any atom is -0.362 e. The van der Waals surface area contributed by atoms with Crippen LogP contribution in [0.5, 0.6) is 0 Å². The average Bonchev–Trinajstić information content (AvgIpc) is 2.49. The molecular weight excluding hydrogens is 324 g/mol. The van der Waals surface area contributed by atoms with Crippen LogP contribution in [0.25, 0.3) is 0 Å². The van der Waals surface area contributed by atoms with E-state index in [1.165, 1.54) is 38.5 Å². The molecule has 0 aromatic heterocycles. The van der Waals surface area contributed by atoms with Crippen molar-refractivity contribution in [1.82, 2.24) is 5.32 Å². The molecule has 4 aliphatic carbocycles. The molecule has 0 spiro atoms. The van der Waals surface area contributed by atoms with Gasteiger partial charge in [0.25, 0.3) is 0 Å². The summed E-state index contributed by atoms with van der Waals surface area (Å²) in [4.78, 5) is 0. The van der Waals surface area contributed by atoms with E-state index in [1.807, 2.05) is 25.1 Å². The molecule has 0 unspecified atom stereocenters. The molecule has 2 N–H and O–H groups in total. The normalized spacial score (nSPS) is 34.4. The Hall–Kier alpha value is -0.800. The molecule has 23 heavy (non-hydrogen) atoms. The summed E-state index contributed by atoms with van der Waals surface area (Å²) in [6.07, 6.45) is 8.69. The molecule has 124 valence electrons. The van der Waals surface area contributed by atoms with Crippen LogP contribution in [0.3, 0.4) is 0 Å². The quantitative estimate of drug-likeness (QED) is 0.738. The first-order chi connectivity index (χ1) is 11.0. The molecule has 4 bridgehead atoms. The van der Waals surface area contributed by atoms with Gasteiger partial charge < -0.3 is 10.6 Å². The summed E-state index contributed by atoms with van der Waals surface area (Å²) < 4.78 is 0. The minimum absolute atomic E-state index is 0.504. The van der Waals surface area contributed by atoms with Gasteiger partial charge in [-0.3, -0.25) is 0 Å². The molecule has 1 aromatic carbocycles. The van der Waals surface area contributed by atoms with Crippen molar-refractivity contribution in [1.29, 1.82) is 0 Å². The van der Waals surface area contributed by atoms with Crippen LogP contribution in [0.1, 0.15) is 44.1 Å². The highest BCUT2D eigenvalue weighted by molar-refractivity contribution is 7.80. The average molecular weight is 349 g/mol. The van der Waals surface area contributed by atoms with Gasteiger partial charge in [-0.15, -0.1) is 0 Å². The van der Waals surface area contributed by atoms with E-state index in [9.17, 15) is 0 Å². The van der Waals surface area contributed by atoms with Crippen LogP contribution < -0.4 is 10.6 Å². The van der Waals surface area contributed by atoms with Crippen LogP contribution >= 0.6 is 23.8 Å². The highest BCUT2D eigenvalue weighted by atomic mass is 35.5. The van der Waals surface area contributed by atoms with E-state index in [0.717, 1.165) is 45.7 Å². The van der Waals surface area contributed by atoms with Crippen LogP contribution in [-0.2, 0) is 0 Å². The molecule has 1 aromatic rings. The van der Waals surface area contributed by atoms with Crippen LogP contribution in [0.2, 0.25) is 5.02 Å². The number of hydrogen-bond acceptors (Lipinski definition) is 1. The van der Waals surface area contributed by atoms with Crippen molar-refractivity contribution in [2.75, 3.05) is 11.9 Å². The van der Waals surface area contributed by atoms with E-state index >= 15 is 0 Å². The maximum absolute atomic E-state index is 6.18. The maximum atomic E-state index is 6.18. The molecule has 0 saturated heterocycles. The van der Waals surface area contributed by atoms with Gasteiger partial charge in [0, 0.05) is 17.3 Å². The molecule has 4 heteroatoms. The van der Waals surface area contributed by atoms with E-state index in [1.54, 1.807) is 0 Å². The summed E-state index contributed by atoms with van der Waals surface area (Å²) in [5.74, 6) is 2.96. The first-order valence-electron chi connectivity index (χ1n) is 8.83. The predicted molar refractivity (Wildman–Crippen MR) is 101 cm³/mol. The van der Waals surface area contributed by atoms with Crippen LogP contribution in [0.15, 0.2) is 18.2 Å². The predicted octanol–water partition coefficient (Wildman–Crippen LogP) is 5.15. The standard InChI is InChI=1S/C19H25ClN2S/c1-12-16(20)3-2-4-17(12)22-18(23)21-11-19-8-13-5-14(9-19)7-15(6-13)10-19/h2-4,13-15H,5-11H2,1H3,(H2,21,22,23). The summed E-state index contributed by atoms with van der Waals surface area (Å²) in [5.41, 5.74) is 2.55. The third kappa shape index (κ3) is 3.10. The molecule has 0 radical (unpaired) electrons. The summed E-state index contributed by atoms with van der Waals surface area (Å²) in [6.45, 7) is 3.05. The van der Waals surface area contributed by atoms with Gasteiger partial charge in [0.05, 0.1) is 0 Å². The second-order valence-corrected chi connectivity index (χ2v) is 8.95. The van der Waals surface area contributed by atoms with Gasteiger partial charge in [-0.1, -0.05) is 17.7 Å². The van der Waals surface area contributed by atoms with Crippen LogP contribution in [0, 0.1) is 30.1 Å². The highest BCUT2D eigenvalue weighted by Crippen LogP contribution is 2.59. The molecule has 0 aliphatic heterocycles. The lowest BCUT2D eigenvalue weighted by Gasteiger charge is -2.57. The topological polar surface area (TPSA) is 24.1 Å². The van der Waals surface area contributed by atoms with Crippen molar-refractivity contribution in [3.63, 3.8) is 0 Å². The molecule has 0 heterocycles. The SMILES string of the molecule is Cc1c(Cl)cccc1NC(=S)NCC12CC3CC(CC(C3)C1)C2. The Morgan fingerprint density at radius 3 is 2.39 bits per heavy atom. The van der Waals surface area contributed by atoms with Crippen molar-refractivity contribution < 1.29 is 0 Å². The first-order valence-corrected chi connectivity index (χ1v) is 9.62. The fourth-order valence-corrected chi connectivity index (χ4v) is 6.04. The number of anilines is 1. The van der Waals surface area contributed by atoms with Gasteiger partial charge in [-0.2, -0.15) is 0 Å². The number of nitrogens with one attached hydrogen (secondary N) is 2. The van der Waals surface area contributed by atoms with Crippen LogP contribution in [-0.4, -0.2) is 11.7 Å². The number of benzene rings is 1. The Bertz CT molecular complexity index is 593. The Balaban J connectivity index is 1.37. The molecule has 0 atom stereocenters. The molecule has 2 nitrogen and oxygen atoms in total. The van der Waals surface area contributed by atoms with E-state index in [-0.39, 0.29) is 0 Å². The lowest BCUT2D eigenvalue weighted by atomic mass is 9.49. The monoisotopic (exact) mass is 348 g/mol. The maximum Gasteiger partial charge on any atom is 0.170 e. The molecule has 4 aliphatic rings. The largest absolute Gasteiger partial charge is 0.362 e. The Kier molecular flexibility index (Phi) is 4.05. The van der Waals surface area contributed by atoms with Crippen molar-refractivity contribution in [2.45, 2.75) is 45.4 Å². The fourth-order valence-electron chi connectivity index (χ4n) is 5.68. The van der Waals surface area contributed by atoms with Gasteiger partial charge in [0.2, 0.25) is 0 Å². The van der Waals surface area contributed by atoms with E-state index in [0.29, 0.717) is 5.41 Å². The summed E-state index contributed by atoms with van der Waals surface area (Å²) >= 11 is 11.7. The van der Waals surface area contributed by atoms with Crippen molar-refractivity contribution in [3.8, 4) is 0 Å². The fraction of sp³-hybridized carbons (Fsp3) is 0.632. The molecule has 4 fully saturated rings. The van der Waals surface area contributed by atoms with Crippen molar-refractivity contribution >= 4 is 34.6 Å². The number of rotatable bonds is 3. The first kappa shape index (κ1) is 15.7. The summed E-state index contributed by atoms with van der Waals surface area (Å²) in [7, 11) is 0. The highest BCUT2D eigenvalue weighted by Gasteiger charge is 2.50. The third-order valence-electron chi connectivity index (χ3n) is 6.30. The second kappa shape index (κ2) is 5.93.